The molecule has 0 unspecified atom stereocenters. The van der Waals surface area contributed by atoms with Crippen molar-refractivity contribution < 1.29 is 14.0 Å². The first-order valence-electron chi connectivity index (χ1n) is 12.1. The molecule has 1 heterocycles. The van der Waals surface area contributed by atoms with Gasteiger partial charge in [0.05, 0.1) is 6.04 Å². The average Bonchev–Trinajstić information content (AvgIpc) is 2.85. The van der Waals surface area contributed by atoms with E-state index in [4.69, 9.17) is 0 Å². The van der Waals surface area contributed by atoms with Crippen LogP contribution in [0.5, 0.6) is 0 Å². The number of para-hydroxylation sites is 2. The Balaban J connectivity index is 1.74. The Kier molecular flexibility index (Phi) is 7.41. The fourth-order valence-electron chi connectivity index (χ4n) is 4.83. The van der Waals surface area contributed by atoms with Crippen LogP contribution in [0.1, 0.15) is 67.9 Å². The highest BCUT2D eigenvalue weighted by atomic mass is 19.1. The Morgan fingerprint density at radius 3 is 2.44 bits per heavy atom. The van der Waals surface area contributed by atoms with Gasteiger partial charge in [0.15, 0.2) is 0 Å². The second kappa shape index (κ2) is 10.6. The van der Waals surface area contributed by atoms with Crippen molar-refractivity contribution in [2.45, 2.75) is 58.0 Å². The minimum Gasteiger partial charge on any atom is -0.305 e. The number of unbranched alkanes of at least 4 members (excludes halogenated alkanes) is 2. The van der Waals surface area contributed by atoms with E-state index in [1.165, 1.54) is 12.1 Å². The van der Waals surface area contributed by atoms with Crippen LogP contribution in [0.3, 0.4) is 0 Å². The van der Waals surface area contributed by atoms with Gasteiger partial charge in [-0.15, -0.1) is 0 Å². The van der Waals surface area contributed by atoms with E-state index in [2.05, 4.69) is 6.92 Å². The van der Waals surface area contributed by atoms with Crippen molar-refractivity contribution >= 4 is 23.2 Å². The molecule has 2 atom stereocenters. The zero-order valence-corrected chi connectivity index (χ0v) is 19.8. The van der Waals surface area contributed by atoms with Crippen LogP contribution in [0.2, 0.25) is 0 Å². The van der Waals surface area contributed by atoms with Crippen LogP contribution in [-0.2, 0) is 4.79 Å². The molecule has 4 nitrogen and oxygen atoms in total. The largest absolute Gasteiger partial charge is 0.305 e. The molecule has 0 radical (unpaired) electrons. The molecule has 3 aromatic rings. The van der Waals surface area contributed by atoms with Gasteiger partial charge in [-0.1, -0.05) is 62.2 Å². The van der Waals surface area contributed by atoms with Crippen LogP contribution in [0.4, 0.5) is 15.8 Å². The van der Waals surface area contributed by atoms with Gasteiger partial charge >= 0.3 is 0 Å². The molecule has 1 aliphatic rings. The Labute approximate surface area is 201 Å². The van der Waals surface area contributed by atoms with E-state index in [1.54, 1.807) is 17.0 Å². The summed E-state index contributed by atoms with van der Waals surface area (Å²) in [7, 11) is 0. The summed E-state index contributed by atoms with van der Waals surface area (Å²) in [6, 6.07) is 23.0. The van der Waals surface area contributed by atoms with Gasteiger partial charge in [-0.3, -0.25) is 9.59 Å². The van der Waals surface area contributed by atoms with E-state index in [1.807, 2.05) is 66.4 Å². The van der Waals surface area contributed by atoms with Crippen molar-refractivity contribution in [3.05, 3.63) is 95.8 Å². The molecule has 34 heavy (non-hydrogen) atoms. The molecule has 0 aromatic heterocycles. The summed E-state index contributed by atoms with van der Waals surface area (Å²) in [5, 5.41) is 0. The molecule has 0 spiro atoms. The smallest absolute Gasteiger partial charge is 0.258 e. The second-order valence-corrected chi connectivity index (χ2v) is 8.90. The summed E-state index contributed by atoms with van der Waals surface area (Å²) in [4.78, 5) is 30.6. The summed E-state index contributed by atoms with van der Waals surface area (Å²) in [5.74, 6) is -0.579. The fourth-order valence-corrected chi connectivity index (χ4v) is 4.83. The van der Waals surface area contributed by atoms with Crippen LogP contribution in [-0.4, -0.2) is 17.9 Å². The Hall–Kier alpha value is -3.47. The molecular formula is C29H31FN2O2. The number of halogens is 1. The number of carbonyl (C=O) groups excluding carboxylic acids is 2. The van der Waals surface area contributed by atoms with Gasteiger partial charge in [0.2, 0.25) is 5.91 Å². The third-order valence-corrected chi connectivity index (χ3v) is 6.46. The van der Waals surface area contributed by atoms with Gasteiger partial charge in [-0.25, -0.2) is 4.39 Å². The number of amides is 2. The Bertz CT molecular complexity index is 1150. The van der Waals surface area contributed by atoms with E-state index in [-0.39, 0.29) is 23.9 Å². The standard InChI is InChI=1S/C29H31FN2O2/c1-3-4-6-18-28(33)32(24-14-7-5-8-15-24)27-19-21(2)31(26-17-10-9-16-25(26)27)29(34)22-12-11-13-23(30)20-22/h5,7-17,20-21,27H,3-4,6,18-19H2,1-2H3/t21-,27+/m0/s1. The summed E-state index contributed by atoms with van der Waals surface area (Å²) in [5.41, 5.74) is 2.87. The third kappa shape index (κ3) is 4.89. The lowest BCUT2D eigenvalue weighted by atomic mass is 9.89. The van der Waals surface area contributed by atoms with Crippen molar-refractivity contribution in [1.82, 2.24) is 0 Å². The predicted molar refractivity (Wildman–Crippen MR) is 135 cm³/mol. The maximum atomic E-state index is 13.8. The minimum absolute atomic E-state index is 0.0940. The zero-order chi connectivity index (χ0) is 24.1. The maximum absolute atomic E-state index is 13.8. The lowest BCUT2D eigenvalue weighted by Crippen LogP contribution is -2.47. The number of fused-ring (bicyclic) bond motifs is 1. The van der Waals surface area contributed by atoms with Crippen molar-refractivity contribution in [2.75, 3.05) is 9.80 Å². The van der Waals surface area contributed by atoms with Crippen LogP contribution in [0.15, 0.2) is 78.9 Å². The average molecular weight is 459 g/mol. The summed E-state index contributed by atoms with van der Waals surface area (Å²) in [6.45, 7) is 4.12. The molecule has 3 aromatic carbocycles. The molecule has 176 valence electrons. The maximum Gasteiger partial charge on any atom is 0.258 e. The minimum atomic E-state index is -0.436. The van der Waals surface area contributed by atoms with Gasteiger partial charge in [-0.2, -0.15) is 0 Å². The van der Waals surface area contributed by atoms with E-state index in [9.17, 15) is 14.0 Å². The summed E-state index contributed by atoms with van der Waals surface area (Å²) < 4.78 is 13.8. The number of rotatable bonds is 7. The van der Waals surface area contributed by atoms with Crippen molar-refractivity contribution in [1.29, 1.82) is 0 Å². The molecule has 4 rings (SSSR count). The quantitative estimate of drug-likeness (QED) is 0.361. The summed E-state index contributed by atoms with van der Waals surface area (Å²) >= 11 is 0. The molecule has 0 fully saturated rings. The number of carbonyl (C=O) groups is 2. The fraction of sp³-hybridized carbons (Fsp3) is 0.310. The number of nitrogens with zero attached hydrogens (tertiary/aromatic N) is 2. The SMILES string of the molecule is CCCCCC(=O)N(c1ccccc1)[C@@H]1C[C@H](C)N(C(=O)c2cccc(F)c2)c2ccccc21. The molecule has 0 bridgehead atoms. The molecule has 0 saturated heterocycles. The number of hydrogen-bond acceptors (Lipinski definition) is 2. The molecule has 1 aliphatic heterocycles. The normalized spacial score (nSPS) is 17.2. The number of benzene rings is 3. The van der Waals surface area contributed by atoms with E-state index in [0.717, 1.165) is 36.2 Å². The third-order valence-electron chi connectivity index (χ3n) is 6.46. The molecular weight excluding hydrogens is 427 g/mol. The van der Waals surface area contributed by atoms with Crippen LogP contribution >= 0.6 is 0 Å². The first kappa shape index (κ1) is 23.7. The molecule has 0 N–H and O–H groups in total. The number of anilines is 2. The van der Waals surface area contributed by atoms with E-state index < -0.39 is 5.82 Å². The van der Waals surface area contributed by atoms with Crippen molar-refractivity contribution in [3.8, 4) is 0 Å². The topological polar surface area (TPSA) is 40.6 Å². The van der Waals surface area contributed by atoms with E-state index >= 15 is 0 Å². The van der Waals surface area contributed by atoms with Gasteiger partial charge < -0.3 is 9.80 Å². The second-order valence-electron chi connectivity index (χ2n) is 8.90. The highest BCUT2D eigenvalue weighted by molar-refractivity contribution is 6.07. The van der Waals surface area contributed by atoms with Gasteiger partial charge in [-0.05, 0) is 61.7 Å². The number of hydrogen-bond donors (Lipinski definition) is 0. The first-order valence-corrected chi connectivity index (χ1v) is 12.1. The van der Waals surface area contributed by atoms with Crippen LogP contribution < -0.4 is 9.80 Å². The van der Waals surface area contributed by atoms with Crippen molar-refractivity contribution in [3.63, 3.8) is 0 Å². The summed E-state index contributed by atoms with van der Waals surface area (Å²) in [6.07, 6.45) is 4.00. The van der Waals surface area contributed by atoms with Crippen LogP contribution in [0, 0.1) is 5.82 Å². The highest BCUT2D eigenvalue weighted by Crippen LogP contribution is 2.43. The van der Waals surface area contributed by atoms with Gasteiger partial charge in [0.25, 0.3) is 5.91 Å². The Morgan fingerprint density at radius 1 is 0.971 bits per heavy atom. The zero-order valence-electron chi connectivity index (χ0n) is 19.8. The molecule has 2 amide bonds. The van der Waals surface area contributed by atoms with Gasteiger partial charge in [0.1, 0.15) is 5.82 Å². The van der Waals surface area contributed by atoms with Crippen LogP contribution in [0.25, 0.3) is 0 Å². The highest BCUT2D eigenvalue weighted by Gasteiger charge is 2.38. The van der Waals surface area contributed by atoms with Crippen molar-refractivity contribution in [2.24, 2.45) is 0 Å². The van der Waals surface area contributed by atoms with E-state index in [0.29, 0.717) is 18.4 Å². The lowest BCUT2D eigenvalue weighted by Gasteiger charge is -2.43. The first-order chi connectivity index (χ1) is 16.5. The monoisotopic (exact) mass is 458 g/mol. The Morgan fingerprint density at radius 2 is 1.71 bits per heavy atom. The molecule has 0 saturated carbocycles. The lowest BCUT2D eigenvalue weighted by molar-refractivity contribution is -0.119. The molecule has 0 aliphatic carbocycles. The molecule has 5 heteroatoms. The van der Waals surface area contributed by atoms with Gasteiger partial charge in [0, 0.05) is 29.4 Å². The predicted octanol–water partition coefficient (Wildman–Crippen LogP) is 6.92.